The number of piperidine rings is 1. The Kier molecular flexibility index (Phi) is 6.09. The summed E-state index contributed by atoms with van der Waals surface area (Å²) in [5.41, 5.74) is 0. The summed E-state index contributed by atoms with van der Waals surface area (Å²) >= 11 is 4.44. The molecule has 3 aliphatic heterocycles. The largest absolute Gasteiger partial charge is 0.546 e. The van der Waals surface area contributed by atoms with Crippen molar-refractivity contribution in [2.24, 2.45) is 5.92 Å². The van der Waals surface area contributed by atoms with E-state index in [1.807, 2.05) is 0 Å². The predicted octanol–water partition coefficient (Wildman–Crippen LogP) is 5.74. The van der Waals surface area contributed by atoms with Crippen LogP contribution in [-0.2, 0) is 4.43 Å². The van der Waals surface area contributed by atoms with Crippen molar-refractivity contribution >= 4 is 31.8 Å². The third-order valence-electron chi connectivity index (χ3n) is 5.82. The van der Waals surface area contributed by atoms with Gasteiger partial charge >= 0.3 is 0 Å². The van der Waals surface area contributed by atoms with E-state index in [1.54, 1.807) is 0 Å². The highest BCUT2D eigenvalue weighted by atomic mass is 32.2. The lowest BCUT2D eigenvalue weighted by Crippen LogP contribution is -2.56. The normalized spacial score (nSPS) is 33.7. The minimum absolute atomic E-state index is 0.374. The first-order valence-electron chi connectivity index (χ1n) is 9.80. The number of rotatable bonds is 5. The fourth-order valence-corrected chi connectivity index (χ4v) is 9.18. The molecule has 142 valence electrons. The van der Waals surface area contributed by atoms with Crippen LogP contribution in [0.1, 0.15) is 39.0 Å². The second-order valence-corrected chi connectivity index (χ2v) is 16.6. The average molecular weight is 398 g/mol. The number of hydrogen-bond donors (Lipinski definition) is 0. The zero-order valence-electron chi connectivity index (χ0n) is 16.4. The van der Waals surface area contributed by atoms with Gasteiger partial charge in [0.1, 0.15) is 0 Å². The van der Waals surface area contributed by atoms with Crippen LogP contribution >= 0.6 is 23.5 Å². The summed E-state index contributed by atoms with van der Waals surface area (Å²) in [6, 6.07) is 1.66. The van der Waals surface area contributed by atoms with Gasteiger partial charge in [0.05, 0.1) is 15.9 Å². The molecule has 0 aromatic carbocycles. The fraction of sp³-hybridized carbons (Fsp3) is 0.800. The minimum Gasteiger partial charge on any atom is -0.546 e. The molecule has 0 bridgehead atoms. The zero-order chi connectivity index (χ0) is 18.2. The van der Waals surface area contributed by atoms with E-state index < -0.39 is 8.32 Å². The first-order valence-corrected chi connectivity index (χ1v) is 15.2. The second kappa shape index (κ2) is 7.65. The first-order chi connectivity index (χ1) is 11.7. The van der Waals surface area contributed by atoms with Crippen molar-refractivity contribution in [3.05, 3.63) is 25.0 Å². The van der Waals surface area contributed by atoms with Crippen molar-refractivity contribution in [3.63, 3.8) is 0 Å². The summed E-state index contributed by atoms with van der Waals surface area (Å²) in [4.78, 5) is 2.79. The van der Waals surface area contributed by atoms with E-state index in [0.717, 1.165) is 5.76 Å². The molecule has 1 spiro atoms. The molecule has 0 N–H and O–H groups in total. The molecule has 25 heavy (non-hydrogen) atoms. The molecule has 3 heterocycles. The van der Waals surface area contributed by atoms with Gasteiger partial charge in [-0.15, -0.1) is 30.1 Å². The fourth-order valence-electron chi connectivity index (χ4n) is 4.75. The van der Waals surface area contributed by atoms with Crippen molar-refractivity contribution in [3.8, 4) is 0 Å². The van der Waals surface area contributed by atoms with Crippen LogP contribution < -0.4 is 0 Å². The third kappa shape index (κ3) is 4.36. The monoisotopic (exact) mass is 397 g/mol. The van der Waals surface area contributed by atoms with Gasteiger partial charge in [0, 0.05) is 12.1 Å². The summed E-state index contributed by atoms with van der Waals surface area (Å²) in [6.45, 7) is 17.7. The summed E-state index contributed by atoms with van der Waals surface area (Å²) < 4.78 is 6.83. The maximum absolute atomic E-state index is 6.44. The van der Waals surface area contributed by atoms with E-state index in [9.17, 15) is 0 Å². The molecular formula is C20H35NOS2Si. The SMILES string of the molecule is C=C[C@H](C)[C@H]1CC[C@@H]2CC3(C[C@H](C(=C)O[Si](C)(C)C)N21)SCCCS3. The quantitative estimate of drug-likeness (QED) is 0.333. The molecular weight excluding hydrogens is 362 g/mol. The highest BCUT2D eigenvalue weighted by Crippen LogP contribution is 2.56. The van der Waals surface area contributed by atoms with Crippen LogP contribution in [0.2, 0.25) is 19.6 Å². The standard InChI is InChI=1S/C20H35NOS2Si/c1-7-15(2)18-10-9-17-13-20(23-11-8-12-24-20)14-19(21(17)18)16(3)22-25(4,5)6/h7,15,17-19H,1,3,8-14H2,2,4-6H3/t15-,17+,18+,19+/m0/s1. The van der Waals surface area contributed by atoms with Crippen molar-refractivity contribution < 1.29 is 4.43 Å². The summed E-state index contributed by atoms with van der Waals surface area (Å²) in [5, 5.41) is 0. The Bertz CT molecular complexity index is 512. The topological polar surface area (TPSA) is 12.5 Å². The predicted molar refractivity (Wildman–Crippen MR) is 117 cm³/mol. The lowest BCUT2D eigenvalue weighted by molar-refractivity contribution is 0.0643. The summed E-state index contributed by atoms with van der Waals surface area (Å²) in [5.74, 6) is 4.21. The Labute approximate surface area is 164 Å². The van der Waals surface area contributed by atoms with E-state index in [-0.39, 0.29) is 0 Å². The smallest absolute Gasteiger partial charge is 0.241 e. The van der Waals surface area contributed by atoms with E-state index in [0.29, 0.717) is 28.1 Å². The van der Waals surface area contributed by atoms with E-state index in [4.69, 9.17) is 4.43 Å². The van der Waals surface area contributed by atoms with Crippen LogP contribution in [-0.4, -0.2) is 46.9 Å². The van der Waals surface area contributed by atoms with Gasteiger partial charge in [-0.1, -0.05) is 19.6 Å². The molecule has 0 aliphatic carbocycles. The highest BCUT2D eigenvalue weighted by molar-refractivity contribution is 8.18. The van der Waals surface area contributed by atoms with E-state index in [1.165, 1.54) is 43.6 Å². The van der Waals surface area contributed by atoms with Gasteiger partial charge in [-0.2, -0.15) is 0 Å². The molecule has 5 heteroatoms. The maximum atomic E-state index is 6.44. The molecule has 0 amide bonds. The molecule has 0 saturated carbocycles. The molecule has 3 rings (SSSR count). The Morgan fingerprint density at radius 2 is 1.92 bits per heavy atom. The number of nitrogens with zero attached hydrogens (tertiary/aromatic N) is 1. The molecule has 0 aromatic heterocycles. The minimum atomic E-state index is -1.63. The molecule has 2 nitrogen and oxygen atoms in total. The molecule has 0 radical (unpaired) electrons. The van der Waals surface area contributed by atoms with Crippen LogP contribution in [0.4, 0.5) is 0 Å². The Hall–Kier alpha value is 0.157. The van der Waals surface area contributed by atoms with Crippen molar-refractivity contribution in [2.75, 3.05) is 11.5 Å². The molecule has 4 atom stereocenters. The summed E-state index contributed by atoms with van der Waals surface area (Å²) in [7, 11) is -1.63. The molecule has 0 unspecified atom stereocenters. The molecule has 3 aliphatic rings. The van der Waals surface area contributed by atoms with E-state index in [2.05, 4.69) is 74.2 Å². The van der Waals surface area contributed by atoms with Crippen LogP contribution in [0.5, 0.6) is 0 Å². The van der Waals surface area contributed by atoms with Gasteiger partial charge in [-0.25, -0.2) is 0 Å². The number of fused-ring (bicyclic) bond motifs is 1. The van der Waals surface area contributed by atoms with Crippen LogP contribution in [0.15, 0.2) is 25.0 Å². The van der Waals surface area contributed by atoms with Crippen molar-refractivity contribution in [1.29, 1.82) is 0 Å². The molecule has 3 fully saturated rings. The Balaban J connectivity index is 1.87. The van der Waals surface area contributed by atoms with Gasteiger partial charge < -0.3 is 4.43 Å². The van der Waals surface area contributed by atoms with Crippen molar-refractivity contribution in [1.82, 2.24) is 4.90 Å². The average Bonchev–Trinajstić information content (AvgIpc) is 2.95. The summed E-state index contributed by atoms with van der Waals surface area (Å²) in [6.07, 6.45) is 8.64. The van der Waals surface area contributed by atoms with Gasteiger partial charge in [0.25, 0.3) is 0 Å². The van der Waals surface area contributed by atoms with Crippen molar-refractivity contribution in [2.45, 2.75) is 80.9 Å². The van der Waals surface area contributed by atoms with Gasteiger partial charge in [0.15, 0.2) is 0 Å². The van der Waals surface area contributed by atoms with Crippen LogP contribution in [0.3, 0.4) is 0 Å². The maximum Gasteiger partial charge on any atom is 0.241 e. The number of thioether (sulfide) groups is 2. The lowest BCUT2D eigenvalue weighted by atomic mass is 9.92. The number of hydrogen-bond acceptors (Lipinski definition) is 4. The Morgan fingerprint density at radius 1 is 1.24 bits per heavy atom. The van der Waals surface area contributed by atoms with Gasteiger partial charge in [-0.05, 0) is 69.2 Å². The van der Waals surface area contributed by atoms with Gasteiger partial charge in [-0.3, -0.25) is 4.90 Å². The van der Waals surface area contributed by atoms with Crippen LogP contribution in [0, 0.1) is 5.92 Å². The third-order valence-corrected chi connectivity index (χ3v) is 10.1. The van der Waals surface area contributed by atoms with Crippen LogP contribution in [0.25, 0.3) is 0 Å². The molecule has 3 saturated heterocycles. The first kappa shape index (κ1) is 19.9. The molecule has 0 aromatic rings. The Morgan fingerprint density at radius 3 is 2.52 bits per heavy atom. The highest BCUT2D eigenvalue weighted by Gasteiger charge is 2.52. The lowest BCUT2D eigenvalue weighted by Gasteiger charge is -2.52. The van der Waals surface area contributed by atoms with E-state index >= 15 is 0 Å². The van der Waals surface area contributed by atoms with Gasteiger partial charge in [0.2, 0.25) is 8.32 Å². The zero-order valence-corrected chi connectivity index (χ0v) is 19.1. The second-order valence-electron chi connectivity index (χ2n) is 8.91.